The van der Waals surface area contributed by atoms with Gasteiger partial charge in [-0.05, 0) is 55.3 Å². The molecule has 0 saturated carbocycles. The van der Waals surface area contributed by atoms with E-state index >= 15 is 0 Å². The Morgan fingerprint density at radius 3 is 2.42 bits per heavy atom. The first-order valence-corrected chi connectivity index (χ1v) is 10.5. The summed E-state index contributed by atoms with van der Waals surface area (Å²) in [5.74, 6) is 2.95. The molecule has 4 N–H and O–H groups in total. The van der Waals surface area contributed by atoms with Gasteiger partial charge >= 0.3 is 0 Å². The van der Waals surface area contributed by atoms with Crippen molar-refractivity contribution in [3.05, 3.63) is 82.0 Å². The quantitative estimate of drug-likeness (QED) is 0.424. The number of sulfonamides is 1. The Morgan fingerprint density at radius 2 is 1.77 bits per heavy atom. The van der Waals surface area contributed by atoms with Gasteiger partial charge in [-0.2, -0.15) is 0 Å². The van der Waals surface area contributed by atoms with E-state index in [4.69, 9.17) is 11.1 Å². The van der Waals surface area contributed by atoms with Gasteiger partial charge in [0, 0.05) is 23.5 Å². The Balaban J connectivity index is 1.99. The number of pyridine rings is 1. The minimum absolute atomic E-state index is 0.0338. The average molecular weight is 440 g/mol. The summed E-state index contributed by atoms with van der Waals surface area (Å²) in [6.45, 7) is 3.49. The number of halogens is 2. The third kappa shape index (κ3) is 4.87. The smallest absolute Gasteiger partial charge is 0.262 e. The van der Waals surface area contributed by atoms with E-state index in [9.17, 15) is 17.2 Å². The third-order valence-electron chi connectivity index (χ3n) is 4.28. The summed E-state index contributed by atoms with van der Waals surface area (Å²) in [6.07, 6.45) is 2.29. The highest BCUT2D eigenvalue weighted by atomic mass is 32.2. The molecule has 158 valence electrons. The molecule has 0 bridgehead atoms. The lowest BCUT2D eigenvalue weighted by Crippen LogP contribution is -2.15. The van der Waals surface area contributed by atoms with Gasteiger partial charge in [0.2, 0.25) is 0 Å². The van der Waals surface area contributed by atoms with Gasteiger partial charge in [0.05, 0.1) is 16.1 Å². The van der Waals surface area contributed by atoms with Crippen LogP contribution in [0.2, 0.25) is 0 Å². The Kier molecular flexibility index (Phi) is 6.04. The second kappa shape index (κ2) is 8.53. The molecular formula is C22H18F2N4O2S. The number of hydrogen-bond acceptors (Lipinski definition) is 5. The molecule has 3 rings (SSSR count). The highest BCUT2D eigenvalue weighted by Crippen LogP contribution is 2.24. The van der Waals surface area contributed by atoms with E-state index in [1.807, 2.05) is 0 Å². The van der Waals surface area contributed by atoms with Crippen molar-refractivity contribution in [2.24, 2.45) is 0 Å². The van der Waals surface area contributed by atoms with Crippen LogP contribution < -0.4 is 10.5 Å². The van der Waals surface area contributed by atoms with Crippen molar-refractivity contribution in [3.63, 3.8) is 0 Å². The van der Waals surface area contributed by atoms with Crippen LogP contribution >= 0.6 is 0 Å². The molecule has 1 heterocycles. The number of hydrogen-bond donors (Lipinski definition) is 3. The second-order valence-electron chi connectivity index (χ2n) is 6.81. The second-order valence-corrected chi connectivity index (χ2v) is 8.49. The van der Waals surface area contributed by atoms with Crippen LogP contribution in [0, 0.1) is 42.7 Å². The maximum atomic E-state index is 14.9. The number of benzene rings is 2. The molecule has 0 aliphatic heterocycles. The van der Waals surface area contributed by atoms with E-state index in [2.05, 4.69) is 21.5 Å². The average Bonchev–Trinajstić information content (AvgIpc) is 2.70. The molecule has 0 aliphatic rings. The Bertz CT molecular complexity index is 1340. The summed E-state index contributed by atoms with van der Waals surface area (Å²) in [7, 11) is -4.10. The standard InChI is InChI=1S/C22H18F2N4O2S/c1-13-7-14(2)9-17(8-13)31(29,30)28-20-6-5-19(23)18(21(20)24)4-3-15-10-16(11-25)22(26)27-12-15/h5-12,25,28H,1-2H3,(H2,26,27). The van der Waals surface area contributed by atoms with E-state index in [0.29, 0.717) is 5.56 Å². The van der Waals surface area contributed by atoms with Crippen molar-refractivity contribution < 1.29 is 17.2 Å². The first-order chi connectivity index (χ1) is 14.6. The van der Waals surface area contributed by atoms with Crippen molar-refractivity contribution in [2.75, 3.05) is 10.5 Å². The molecule has 0 saturated heterocycles. The van der Waals surface area contributed by atoms with Crippen LogP contribution in [0.1, 0.15) is 27.8 Å². The van der Waals surface area contributed by atoms with Crippen molar-refractivity contribution in [2.45, 2.75) is 18.7 Å². The summed E-state index contributed by atoms with van der Waals surface area (Å²) in [4.78, 5) is 3.83. The number of nitrogens with one attached hydrogen (secondary N) is 2. The van der Waals surface area contributed by atoms with Crippen LogP contribution in [0.5, 0.6) is 0 Å². The summed E-state index contributed by atoms with van der Waals surface area (Å²) in [5.41, 5.74) is 6.62. The van der Waals surface area contributed by atoms with Crippen LogP contribution in [0.3, 0.4) is 0 Å². The van der Waals surface area contributed by atoms with Gasteiger partial charge in [0.15, 0.2) is 5.82 Å². The van der Waals surface area contributed by atoms with Crippen molar-refractivity contribution in [3.8, 4) is 11.8 Å². The molecule has 0 fully saturated rings. The van der Waals surface area contributed by atoms with Crippen molar-refractivity contribution in [1.82, 2.24) is 4.98 Å². The maximum Gasteiger partial charge on any atom is 0.262 e. The number of nitrogens with zero attached hydrogens (tertiary/aromatic N) is 1. The zero-order valence-electron chi connectivity index (χ0n) is 16.6. The van der Waals surface area contributed by atoms with E-state index in [0.717, 1.165) is 29.5 Å². The van der Waals surface area contributed by atoms with Crippen LogP contribution in [0.4, 0.5) is 20.3 Å². The van der Waals surface area contributed by atoms with Gasteiger partial charge in [-0.15, -0.1) is 0 Å². The molecule has 0 spiro atoms. The van der Waals surface area contributed by atoms with E-state index in [1.54, 1.807) is 19.9 Å². The third-order valence-corrected chi connectivity index (χ3v) is 5.62. The molecule has 0 atom stereocenters. The SMILES string of the molecule is Cc1cc(C)cc(S(=O)(=O)Nc2ccc(F)c(C#Cc3cnc(N)c(C=N)c3)c2F)c1. The summed E-state index contributed by atoms with van der Waals surface area (Å²) in [6, 6.07) is 8.08. The van der Waals surface area contributed by atoms with Crippen molar-refractivity contribution in [1.29, 1.82) is 5.41 Å². The maximum absolute atomic E-state index is 14.9. The predicted molar refractivity (Wildman–Crippen MR) is 116 cm³/mol. The van der Waals surface area contributed by atoms with Gasteiger partial charge in [-0.1, -0.05) is 17.9 Å². The molecule has 6 nitrogen and oxygen atoms in total. The molecule has 0 unspecified atom stereocenters. The molecule has 3 aromatic rings. The van der Waals surface area contributed by atoms with Gasteiger partial charge in [0.25, 0.3) is 10.0 Å². The summed E-state index contributed by atoms with van der Waals surface area (Å²) < 4.78 is 56.6. The molecular weight excluding hydrogens is 422 g/mol. The topological polar surface area (TPSA) is 109 Å². The first-order valence-electron chi connectivity index (χ1n) is 8.98. The first kappa shape index (κ1) is 21.9. The molecule has 31 heavy (non-hydrogen) atoms. The van der Waals surface area contributed by atoms with Gasteiger partial charge < -0.3 is 11.1 Å². The fourth-order valence-electron chi connectivity index (χ4n) is 2.85. The molecule has 0 radical (unpaired) electrons. The number of aromatic nitrogens is 1. The number of rotatable bonds is 4. The van der Waals surface area contributed by atoms with E-state index < -0.39 is 32.9 Å². The molecule has 0 aliphatic carbocycles. The number of nitrogen functional groups attached to an aromatic ring is 1. The fourth-order valence-corrected chi connectivity index (χ4v) is 4.10. The van der Waals surface area contributed by atoms with Crippen LogP contribution in [-0.4, -0.2) is 19.6 Å². The Hall–Kier alpha value is -3.77. The molecule has 2 aromatic carbocycles. The molecule has 9 heteroatoms. The lowest BCUT2D eigenvalue weighted by atomic mass is 10.1. The lowest BCUT2D eigenvalue weighted by Gasteiger charge is -2.11. The molecule has 1 aromatic heterocycles. The normalized spacial score (nSPS) is 10.8. The number of aryl methyl sites for hydroxylation is 2. The van der Waals surface area contributed by atoms with Crippen LogP contribution in [0.15, 0.2) is 47.5 Å². The molecule has 0 amide bonds. The minimum Gasteiger partial charge on any atom is -0.383 e. The zero-order chi connectivity index (χ0) is 22.8. The fraction of sp³-hybridized carbons (Fsp3) is 0.0909. The van der Waals surface area contributed by atoms with Gasteiger partial charge in [-0.3, -0.25) is 4.72 Å². The summed E-state index contributed by atoms with van der Waals surface area (Å²) >= 11 is 0. The lowest BCUT2D eigenvalue weighted by molar-refractivity contribution is 0.578. The Morgan fingerprint density at radius 1 is 1.10 bits per heavy atom. The minimum atomic E-state index is -4.10. The zero-order valence-corrected chi connectivity index (χ0v) is 17.4. The largest absolute Gasteiger partial charge is 0.383 e. The van der Waals surface area contributed by atoms with Gasteiger partial charge in [0.1, 0.15) is 11.6 Å². The highest BCUT2D eigenvalue weighted by Gasteiger charge is 2.20. The van der Waals surface area contributed by atoms with Crippen LogP contribution in [-0.2, 0) is 10.0 Å². The van der Waals surface area contributed by atoms with Gasteiger partial charge in [-0.25, -0.2) is 22.2 Å². The van der Waals surface area contributed by atoms with Crippen LogP contribution in [0.25, 0.3) is 0 Å². The van der Waals surface area contributed by atoms with Crippen molar-refractivity contribution >= 4 is 27.7 Å². The van der Waals surface area contributed by atoms with E-state index in [-0.39, 0.29) is 16.3 Å². The monoisotopic (exact) mass is 440 g/mol. The predicted octanol–water partition coefficient (Wildman–Crippen LogP) is 3.76. The summed E-state index contributed by atoms with van der Waals surface area (Å²) in [5, 5.41) is 7.28. The highest BCUT2D eigenvalue weighted by molar-refractivity contribution is 7.92. The number of nitrogens with two attached hydrogens (primary N) is 1. The van der Waals surface area contributed by atoms with E-state index in [1.165, 1.54) is 24.4 Å². The number of anilines is 2. The Labute approximate surface area is 178 Å².